The topological polar surface area (TPSA) is 59.1 Å². The number of ether oxygens (including phenoxy) is 2. The minimum atomic E-state index is -5.35. The van der Waals surface area contributed by atoms with Crippen LogP contribution >= 0.6 is 0 Å². The second-order valence-electron chi connectivity index (χ2n) is 9.50. The molecule has 12 heteroatoms. The van der Waals surface area contributed by atoms with Crippen molar-refractivity contribution in [3.8, 4) is 5.75 Å². The molecule has 0 N–H and O–H groups in total. The molecule has 6 nitrogen and oxygen atoms in total. The Morgan fingerprint density at radius 2 is 1.59 bits per heavy atom. The summed E-state index contributed by atoms with van der Waals surface area (Å²) in [5.74, 6) is -2.59. The number of rotatable bonds is 5. The highest BCUT2D eigenvalue weighted by Gasteiger charge is 2.72. The van der Waals surface area contributed by atoms with Gasteiger partial charge in [-0.3, -0.25) is 9.80 Å². The summed E-state index contributed by atoms with van der Waals surface area (Å²) >= 11 is 0. The summed E-state index contributed by atoms with van der Waals surface area (Å²) in [6.07, 6.45) is -9.60. The highest BCUT2D eigenvalue weighted by Crippen LogP contribution is 2.63. The number of esters is 1. The number of alkyl halides is 6. The van der Waals surface area contributed by atoms with Crippen LogP contribution in [0.3, 0.4) is 0 Å². The van der Waals surface area contributed by atoms with Crippen LogP contribution in [0.15, 0.2) is 84.6 Å². The molecule has 3 aromatic rings. The van der Waals surface area contributed by atoms with E-state index < -0.39 is 52.5 Å². The van der Waals surface area contributed by atoms with Gasteiger partial charge in [0.2, 0.25) is 0 Å². The van der Waals surface area contributed by atoms with Crippen LogP contribution in [0.4, 0.5) is 36.8 Å². The predicted molar refractivity (Wildman–Crippen MR) is 135 cm³/mol. The molecule has 0 aliphatic carbocycles. The second-order valence-corrected chi connectivity index (χ2v) is 9.50. The van der Waals surface area contributed by atoms with E-state index in [1.807, 2.05) is 0 Å². The second kappa shape index (κ2) is 9.86. The molecule has 41 heavy (non-hydrogen) atoms. The van der Waals surface area contributed by atoms with Crippen LogP contribution in [-0.2, 0) is 27.8 Å². The van der Waals surface area contributed by atoms with Crippen molar-refractivity contribution in [1.82, 2.24) is 4.90 Å². The summed E-state index contributed by atoms with van der Waals surface area (Å²) in [6, 6.07) is 14.1. The first-order valence-electron chi connectivity index (χ1n) is 12.2. The number of benzene rings is 3. The van der Waals surface area contributed by atoms with Gasteiger partial charge in [0.1, 0.15) is 5.75 Å². The third-order valence-corrected chi connectivity index (χ3v) is 7.33. The SMILES string of the molecule is COC(=O)C1=CN2C(=O)N(Cc3ccc(OC)cc3)c3ccc(C(F)(F)F)cc3[C@]2(C(F)(F)F)[C@@H]1c1ccccc1. The van der Waals surface area contributed by atoms with Crippen LogP contribution in [0, 0.1) is 0 Å². The zero-order valence-electron chi connectivity index (χ0n) is 21.6. The Hall–Kier alpha value is -4.48. The van der Waals surface area contributed by atoms with Gasteiger partial charge < -0.3 is 9.47 Å². The molecule has 2 aliphatic heterocycles. The van der Waals surface area contributed by atoms with Crippen LogP contribution in [0.2, 0.25) is 0 Å². The van der Waals surface area contributed by atoms with E-state index in [1.54, 1.807) is 24.3 Å². The van der Waals surface area contributed by atoms with E-state index in [9.17, 15) is 22.8 Å². The highest BCUT2D eigenvalue weighted by atomic mass is 19.4. The summed E-state index contributed by atoms with van der Waals surface area (Å²) in [7, 11) is 2.41. The lowest BCUT2D eigenvalue weighted by Crippen LogP contribution is -2.63. The number of hydrogen-bond donors (Lipinski definition) is 0. The highest BCUT2D eigenvalue weighted by molar-refractivity contribution is 6.01. The summed E-state index contributed by atoms with van der Waals surface area (Å²) in [6.45, 7) is -0.275. The van der Waals surface area contributed by atoms with E-state index in [0.29, 0.717) is 28.3 Å². The first-order chi connectivity index (χ1) is 19.3. The van der Waals surface area contributed by atoms with Crippen LogP contribution in [0.5, 0.6) is 5.75 Å². The van der Waals surface area contributed by atoms with Crippen LogP contribution in [0.25, 0.3) is 0 Å². The van der Waals surface area contributed by atoms with Crippen molar-refractivity contribution >= 4 is 17.7 Å². The molecule has 0 saturated carbocycles. The number of anilines is 1. The van der Waals surface area contributed by atoms with Crippen molar-refractivity contribution in [2.75, 3.05) is 19.1 Å². The number of fused-ring (bicyclic) bond motifs is 3. The lowest BCUT2D eigenvalue weighted by atomic mass is 9.70. The minimum Gasteiger partial charge on any atom is -0.497 e. The number of nitrogens with zero attached hydrogens (tertiary/aromatic N) is 2. The van der Waals surface area contributed by atoms with E-state index in [1.165, 1.54) is 37.4 Å². The van der Waals surface area contributed by atoms with Crippen molar-refractivity contribution < 1.29 is 45.4 Å². The Kier molecular flexibility index (Phi) is 6.75. The molecule has 0 spiro atoms. The molecule has 3 aromatic carbocycles. The van der Waals surface area contributed by atoms with Gasteiger partial charge in [0.15, 0.2) is 5.54 Å². The lowest BCUT2D eigenvalue weighted by molar-refractivity contribution is -0.223. The lowest BCUT2D eigenvalue weighted by Gasteiger charge is -2.50. The number of carbonyl (C=O) groups excluding carboxylic acids is 2. The molecule has 5 rings (SSSR count). The number of urea groups is 1. The molecule has 2 aliphatic rings. The molecule has 0 fully saturated rings. The van der Waals surface area contributed by atoms with E-state index in [-0.39, 0.29) is 17.8 Å². The zero-order chi connectivity index (χ0) is 29.7. The van der Waals surface area contributed by atoms with Gasteiger partial charge in [-0.1, -0.05) is 42.5 Å². The van der Waals surface area contributed by atoms with Crippen LogP contribution in [-0.4, -0.2) is 37.3 Å². The Labute approximate surface area is 230 Å². The molecule has 0 radical (unpaired) electrons. The fourth-order valence-electron chi connectivity index (χ4n) is 5.53. The van der Waals surface area contributed by atoms with Crippen molar-refractivity contribution in [2.45, 2.75) is 30.4 Å². The van der Waals surface area contributed by atoms with E-state index in [4.69, 9.17) is 9.47 Å². The largest absolute Gasteiger partial charge is 0.497 e. The summed E-state index contributed by atoms with van der Waals surface area (Å²) in [4.78, 5) is 28.1. The van der Waals surface area contributed by atoms with Crippen molar-refractivity contribution in [2.24, 2.45) is 0 Å². The third-order valence-electron chi connectivity index (χ3n) is 7.33. The number of halogens is 6. The first-order valence-corrected chi connectivity index (χ1v) is 12.2. The van der Waals surface area contributed by atoms with Crippen LogP contribution in [0.1, 0.15) is 28.2 Å². The molecule has 0 aromatic heterocycles. The molecular formula is C29H22F6N2O4. The quantitative estimate of drug-likeness (QED) is 0.249. The summed E-state index contributed by atoms with van der Waals surface area (Å²) < 4.78 is 98.4. The fraction of sp³-hybridized carbons (Fsp3) is 0.241. The Balaban J connectivity index is 1.83. The van der Waals surface area contributed by atoms with Gasteiger partial charge >= 0.3 is 24.4 Å². The molecule has 214 valence electrons. The van der Waals surface area contributed by atoms with Gasteiger partial charge in [-0.15, -0.1) is 0 Å². The maximum atomic E-state index is 15.6. The third kappa shape index (κ3) is 4.37. The number of carbonyl (C=O) groups is 2. The molecule has 2 heterocycles. The zero-order valence-corrected chi connectivity index (χ0v) is 21.6. The van der Waals surface area contributed by atoms with Gasteiger partial charge in [-0.2, -0.15) is 26.3 Å². The monoisotopic (exact) mass is 576 g/mol. The first kappa shape index (κ1) is 28.1. The molecule has 2 amide bonds. The standard InChI is InChI=1S/C29H22F6N2O4/c1-40-20-11-8-17(9-12-20)15-36-23-13-10-19(28(30,31)32)14-22(23)27(29(33,34)35)24(18-6-4-3-5-7-18)21(25(38)41-2)16-37(27)26(36)39/h3-14,16,24H,15H2,1-2H3/t24-,27-/m1/s1. The van der Waals surface area contributed by atoms with E-state index in [0.717, 1.165) is 24.3 Å². The molecular weight excluding hydrogens is 554 g/mol. The number of amides is 2. The minimum absolute atomic E-state index is 0.0382. The molecule has 0 unspecified atom stereocenters. The van der Waals surface area contributed by atoms with Gasteiger partial charge in [0.25, 0.3) is 0 Å². The van der Waals surface area contributed by atoms with Crippen molar-refractivity contribution in [1.29, 1.82) is 0 Å². The maximum absolute atomic E-state index is 15.6. The van der Waals surface area contributed by atoms with Crippen molar-refractivity contribution in [3.05, 3.63) is 107 Å². The Morgan fingerprint density at radius 3 is 2.15 bits per heavy atom. The van der Waals surface area contributed by atoms with Crippen LogP contribution < -0.4 is 9.64 Å². The predicted octanol–water partition coefficient (Wildman–Crippen LogP) is 6.77. The number of methoxy groups -OCH3 is 2. The summed E-state index contributed by atoms with van der Waals surface area (Å²) in [5, 5.41) is 0. The fourth-order valence-corrected chi connectivity index (χ4v) is 5.53. The maximum Gasteiger partial charge on any atom is 0.417 e. The van der Waals surface area contributed by atoms with Gasteiger partial charge in [0, 0.05) is 11.8 Å². The normalized spacial score (nSPS) is 20.3. The van der Waals surface area contributed by atoms with Gasteiger partial charge in [-0.25, -0.2) is 9.59 Å². The summed E-state index contributed by atoms with van der Waals surface area (Å²) in [5.41, 5.74) is -6.01. The average molecular weight is 576 g/mol. The van der Waals surface area contributed by atoms with E-state index >= 15 is 13.2 Å². The van der Waals surface area contributed by atoms with Gasteiger partial charge in [0.05, 0.1) is 43.5 Å². The molecule has 0 saturated heterocycles. The average Bonchev–Trinajstić information content (AvgIpc) is 3.33. The van der Waals surface area contributed by atoms with Crippen molar-refractivity contribution in [3.63, 3.8) is 0 Å². The molecule has 0 bridgehead atoms. The molecule has 2 atom stereocenters. The Bertz CT molecular complexity index is 1520. The van der Waals surface area contributed by atoms with Gasteiger partial charge in [-0.05, 0) is 41.5 Å². The smallest absolute Gasteiger partial charge is 0.417 e. The number of hydrogen-bond acceptors (Lipinski definition) is 4. The Morgan fingerprint density at radius 1 is 0.927 bits per heavy atom. The van der Waals surface area contributed by atoms with E-state index in [2.05, 4.69) is 0 Å².